The number of aliphatic carboxylic acids is 1. The smallest absolute Gasteiger partial charge is 0.325 e. The van der Waals surface area contributed by atoms with E-state index in [9.17, 15) is 4.79 Å². The van der Waals surface area contributed by atoms with E-state index in [2.05, 4.69) is 0 Å². The first kappa shape index (κ1) is 9.34. The second-order valence-corrected chi connectivity index (χ2v) is 2.70. The third kappa shape index (κ3) is 1.88. The molecule has 70 valence electrons. The van der Waals surface area contributed by atoms with Crippen molar-refractivity contribution < 1.29 is 9.90 Å². The maximum atomic E-state index is 10.5. The van der Waals surface area contributed by atoms with Crippen molar-refractivity contribution in [3.05, 3.63) is 23.8 Å². The molecule has 0 radical (unpaired) electrons. The summed E-state index contributed by atoms with van der Waals surface area (Å²) in [5.41, 5.74) is 17.5. The van der Waals surface area contributed by atoms with Crippen LogP contribution in [0.5, 0.6) is 0 Å². The molecule has 1 aromatic carbocycles. The number of carboxylic acid groups (broad SMARTS) is 1. The molecule has 1 aromatic rings. The Bertz CT molecular complexity index is 338. The summed E-state index contributed by atoms with van der Waals surface area (Å²) in [5, 5.41) is 8.63. The Balaban J connectivity index is 3.12. The van der Waals surface area contributed by atoms with Gasteiger partial charge in [-0.25, -0.2) is 0 Å². The zero-order valence-electron chi connectivity index (χ0n) is 6.90. The number of nitrogen functional groups attached to an aromatic ring is 2. The number of carbonyl (C=O) groups is 1. The van der Waals surface area contributed by atoms with Crippen molar-refractivity contribution >= 4 is 17.3 Å². The van der Waals surface area contributed by atoms with Gasteiger partial charge in [0.2, 0.25) is 0 Å². The van der Waals surface area contributed by atoms with Crippen LogP contribution in [0, 0.1) is 0 Å². The maximum absolute atomic E-state index is 10.5. The van der Waals surface area contributed by atoms with Gasteiger partial charge in [-0.3, -0.25) is 4.79 Å². The molecule has 0 heterocycles. The summed E-state index contributed by atoms with van der Waals surface area (Å²) in [6.45, 7) is 0. The van der Waals surface area contributed by atoms with Crippen LogP contribution in [0.4, 0.5) is 11.4 Å². The summed E-state index contributed by atoms with van der Waals surface area (Å²) in [4.78, 5) is 10.5. The number of hydrogen-bond donors (Lipinski definition) is 4. The van der Waals surface area contributed by atoms with Crippen LogP contribution < -0.4 is 17.2 Å². The van der Waals surface area contributed by atoms with Crippen LogP contribution in [0.25, 0.3) is 0 Å². The molecule has 1 rings (SSSR count). The summed E-state index contributed by atoms with van der Waals surface area (Å²) >= 11 is 0. The van der Waals surface area contributed by atoms with Crippen LogP contribution >= 0.6 is 0 Å². The highest BCUT2D eigenvalue weighted by Gasteiger charge is 2.16. The molecule has 0 saturated heterocycles. The lowest BCUT2D eigenvalue weighted by Gasteiger charge is -2.10. The van der Waals surface area contributed by atoms with Crippen molar-refractivity contribution in [2.45, 2.75) is 6.04 Å². The number of hydrogen-bond acceptors (Lipinski definition) is 4. The summed E-state index contributed by atoms with van der Waals surface area (Å²) in [5.74, 6) is -1.13. The van der Waals surface area contributed by atoms with Gasteiger partial charge < -0.3 is 22.3 Å². The molecule has 0 aliphatic rings. The average Bonchev–Trinajstić information content (AvgIpc) is 2.08. The zero-order valence-corrected chi connectivity index (χ0v) is 6.90. The molecular formula is C8H11N3O2. The fourth-order valence-electron chi connectivity index (χ4n) is 0.996. The molecular weight excluding hydrogens is 170 g/mol. The van der Waals surface area contributed by atoms with Gasteiger partial charge in [0.05, 0.1) is 0 Å². The van der Waals surface area contributed by atoms with Crippen molar-refractivity contribution in [3.8, 4) is 0 Å². The minimum atomic E-state index is -1.13. The predicted octanol–water partition coefficient (Wildman–Crippen LogP) is -0.0646. The minimum Gasteiger partial charge on any atom is -0.480 e. The standard InChI is InChI=1S/C8H11N3O2/c9-4-1-2-6(10)5(3-4)7(11)8(12)13/h1-3,7H,9-11H2,(H,12,13). The Labute approximate surface area is 75.1 Å². The van der Waals surface area contributed by atoms with Crippen molar-refractivity contribution in [2.75, 3.05) is 11.5 Å². The summed E-state index contributed by atoms with van der Waals surface area (Å²) < 4.78 is 0. The predicted molar refractivity (Wildman–Crippen MR) is 49.8 cm³/mol. The van der Waals surface area contributed by atoms with Gasteiger partial charge in [0.1, 0.15) is 6.04 Å². The first-order valence-electron chi connectivity index (χ1n) is 3.65. The van der Waals surface area contributed by atoms with Gasteiger partial charge in [-0.2, -0.15) is 0 Å². The first-order valence-corrected chi connectivity index (χ1v) is 3.65. The normalized spacial score (nSPS) is 12.4. The Morgan fingerprint density at radius 3 is 2.54 bits per heavy atom. The van der Waals surface area contributed by atoms with E-state index in [1.165, 1.54) is 12.1 Å². The van der Waals surface area contributed by atoms with Gasteiger partial charge in [0.15, 0.2) is 0 Å². The van der Waals surface area contributed by atoms with E-state index in [0.717, 1.165) is 0 Å². The van der Waals surface area contributed by atoms with E-state index >= 15 is 0 Å². The Hall–Kier alpha value is -1.75. The molecule has 13 heavy (non-hydrogen) atoms. The number of nitrogens with two attached hydrogens (primary N) is 3. The number of benzene rings is 1. The molecule has 0 fully saturated rings. The molecule has 0 aromatic heterocycles. The second-order valence-electron chi connectivity index (χ2n) is 2.70. The summed E-state index contributed by atoms with van der Waals surface area (Å²) in [6.07, 6.45) is 0. The highest BCUT2D eigenvalue weighted by Crippen LogP contribution is 2.21. The van der Waals surface area contributed by atoms with Crippen molar-refractivity contribution in [1.29, 1.82) is 0 Å². The Kier molecular flexibility index (Phi) is 2.39. The van der Waals surface area contributed by atoms with Gasteiger partial charge in [0, 0.05) is 16.9 Å². The van der Waals surface area contributed by atoms with Crippen LogP contribution in [0.15, 0.2) is 18.2 Å². The van der Waals surface area contributed by atoms with Crippen molar-refractivity contribution in [3.63, 3.8) is 0 Å². The van der Waals surface area contributed by atoms with Gasteiger partial charge in [-0.05, 0) is 18.2 Å². The fraction of sp³-hybridized carbons (Fsp3) is 0.125. The topological polar surface area (TPSA) is 115 Å². The van der Waals surface area contributed by atoms with Crippen molar-refractivity contribution in [2.24, 2.45) is 5.73 Å². The third-order valence-electron chi connectivity index (χ3n) is 1.71. The fourth-order valence-corrected chi connectivity index (χ4v) is 0.996. The molecule has 0 amide bonds. The number of anilines is 2. The van der Waals surface area contributed by atoms with E-state index in [1.54, 1.807) is 6.07 Å². The molecule has 7 N–H and O–H groups in total. The van der Waals surface area contributed by atoms with E-state index in [0.29, 0.717) is 16.9 Å². The average molecular weight is 181 g/mol. The van der Waals surface area contributed by atoms with Crippen LogP contribution in [0.2, 0.25) is 0 Å². The SMILES string of the molecule is Nc1ccc(N)c(C(N)C(=O)O)c1. The van der Waals surface area contributed by atoms with E-state index in [4.69, 9.17) is 22.3 Å². The molecule has 0 saturated carbocycles. The molecule has 1 atom stereocenters. The van der Waals surface area contributed by atoms with Gasteiger partial charge in [0.25, 0.3) is 0 Å². The molecule has 0 aliphatic heterocycles. The largest absolute Gasteiger partial charge is 0.480 e. The minimum absolute atomic E-state index is 0.337. The van der Waals surface area contributed by atoms with Crippen LogP contribution in [0.1, 0.15) is 11.6 Å². The molecule has 5 nitrogen and oxygen atoms in total. The lowest BCUT2D eigenvalue weighted by Crippen LogP contribution is -2.21. The molecule has 5 heteroatoms. The zero-order chi connectivity index (χ0) is 10.0. The lowest BCUT2D eigenvalue weighted by molar-refractivity contribution is -0.138. The molecule has 0 aliphatic carbocycles. The third-order valence-corrected chi connectivity index (χ3v) is 1.71. The summed E-state index contributed by atoms with van der Waals surface area (Å²) in [7, 11) is 0. The molecule has 1 unspecified atom stereocenters. The van der Waals surface area contributed by atoms with Gasteiger partial charge in [-0.1, -0.05) is 0 Å². The Morgan fingerprint density at radius 2 is 2.00 bits per heavy atom. The quantitative estimate of drug-likeness (QED) is 0.477. The molecule has 0 spiro atoms. The Morgan fingerprint density at radius 1 is 1.38 bits per heavy atom. The van der Waals surface area contributed by atoms with Crippen LogP contribution in [-0.2, 0) is 4.79 Å². The summed E-state index contributed by atoms with van der Waals surface area (Å²) in [6, 6.07) is 3.47. The lowest BCUT2D eigenvalue weighted by atomic mass is 10.1. The van der Waals surface area contributed by atoms with E-state index < -0.39 is 12.0 Å². The number of carboxylic acids is 1. The monoisotopic (exact) mass is 181 g/mol. The first-order chi connectivity index (χ1) is 6.02. The van der Waals surface area contributed by atoms with Crippen LogP contribution in [-0.4, -0.2) is 11.1 Å². The van der Waals surface area contributed by atoms with Gasteiger partial charge >= 0.3 is 5.97 Å². The highest BCUT2D eigenvalue weighted by molar-refractivity contribution is 5.78. The van der Waals surface area contributed by atoms with E-state index in [-0.39, 0.29) is 0 Å². The maximum Gasteiger partial charge on any atom is 0.325 e. The highest BCUT2D eigenvalue weighted by atomic mass is 16.4. The van der Waals surface area contributed by atoms with Gasteiger partial charge in [-0.15, -0.1) is 0 Å². The molecule has 0 bridgehead atoms. The second kappa shape index (κ2) is 3.32. The van der Waals surface area contributed by atoms with E-state index in [1.807, 2.05) is 0 Å². The van der Waals surface area contributed by atoms with Crippen LogP contribution in [0.3, 0.4) is 0 Å². The number of rotatable bonds is 2. The van der Waals surface area contributed by atoms with Crippen molar-refractivity contribution in [1.82, 2.24) is 0 Å².